The van der Waals surface area contributed by atoms with E-state index in [1.807, 2.05) is 6.07 Å². The van der Waals surface area contributed by atoms with Gasteiger partial charge in [0.2, 0.25) is 5.95 Å². The fourth-order valence-corrected chi connectivity index (χ4v) is 8.51. The van der Waals surface area contributed by atoms with Crippen LogP contribution in [0.15, 0.2) is 146 Å². The van der Waals surface area contributed by atoms with Gasteiger partial charge in [0.25, 0.3) is 0 Å². The second-order valence-electron chi connectivity index (χ2n) is 17.5. The van der Waals surface area contributed by atoms with Crippen molar-refractivity contribution in [1.82, 2.24) is 14.1 Å². The van der Waals surface area contributed by atoms with Crippen LogP contribution >= 0.6 is 0 Å². The molecule has 0 saturated heterocycles. The number of aryl methyl sites for hydroxylation is 1. The summed E-state index contributed by atoms with van der Waals surface area (Å²) in [5.41, 5.74) is 11.6. The number of hydrogen-bond donors (Lipinski definition) is 0. The highest BCUT2D eigenvalue weighted by molar-refractivity contribution is 6.10. The number of nitrogens with zero attached hydrogens (tertiary/aromatic N) is 5. The van der Waals surface area contributed by atoms with E-state index in [2.05, 4.69) is 207 Å². The van der Waals surface area contributed by atoms with Gasteiger partial charge in [-0.25, -0.2) is 4.98 Å². The second kappa shape index (κ2) is 12.8. The number of ether oxygens (including phenoxy) is 1. The van der Waals surface area contributed by atoms with Gasteiger partial charge in [-0.15, -0.1) is 0 Å². The Balaban J connectivity index is 1.06. The van der Waals surface area contributed by atoms with Gasteiger partial charge in [0.05, 0.1) is 33.4 Å². The minimum absolute atomic E-state index is 0.0101. The summed E-state index contributed by atoms with van der Waals surface area (Å²) in [5, 5.41) is 4.79. The van der Waals surface area contributed by atoms with Crippen LogP contribution in [0.5, 0.6) is 11.5 Å². The number of rotatable bonds is 5. The van der Waals surface area contributed by atoms with Crippen LogP contribution in [-0.2, 0) is 17.9 Å². The molecule has 0 atom stereocenters. The minimum atomic E-state index is 0.0101. The molecule has 1 aliphatic heterocycles. The molecule has 282 valence electrons. The summed E-state index contributed by atoms with van der Waals surface area (Å²) in [7, 11) is 2.09. The predicted molar refractivity (Wildman–Crippen MR) is 239 cm³/mol. The Bertz CT molecular complexity index is 3000. The Morgan fingerprint density at radius 3 is 1.95 bits per heavy atom. The van der Waals surface area contributed by atoms with Gasteiger partial charge < -0.3 is 19.1 Å². The molecular weight excluding hydrogens is 699 g/mol. The van der Waals surface area contributed by atoms with Crippen molar-refractivity contribution in [2.24, 2.45) is 7.05 Å². The van der Waals surface area contributed by atoms with Crippen molar-refractivity contribution in [1.29, 1.82) is 0 Å². The number of hydrogen-bond acceptors (Lipinski definition) is 4. The lowest BCUT2D eigenvalue weighted by molar-refractivity contribution is 0.483. The molecule has 10 rings (SSSR count). The van der Waals surface area contributed by atoms with Crippen molar-refractivity contribution in [2.45, 2.75) is 52.4 Å². The van der Waals surface area contributed by atoms with Gasteiger partial charge in [-0.2, -0.15) is 0 Å². The molecular formula is C51H47N5O. The summed E-state index contributed by atoms with van der Waals surface area (Å²) in [6.45, 7) is 14.5. The van der Waals surface area contributed by atoms with Crippen molar-refractivity contribution in [3.8, 4) is 17.4 Å². The Labute approximate surface area is 334 Å². The van der Waals surface area contributed by atoms with Crippen LogP contribution in [0, 0.1) is 0 Å². The Morgan fingerprint density at radius 2 is 1.19 bits per heavy atom. The fourth-order valence-electron chi connectivity index (χ4n) is 8.51. The van der Waals surface area contributed by atoms with E-state index in [0.717, 1.165) is 50.6 Å². The summed E-state index contributed by atoms with van der Waals surface area (Å²) < 4.78 is 11.2. The van der Waals surface area contributed by atoms with E-state index in [4.69, 9.17) is 9.72 Å². The molecule has 3 heterocycles. The summed E-state index contributed by atoms with van der Waals surface area (Å²) in [5.74, 6) is 2.42. The number of para-hydroxylation sites is 3. The third-order valence-electron chi connectivity index (χ3n) is 11.7. The lowest BCUT2D eigenvalue weighted by Gasteiger charge is -2.29. The van der Waals surface area contributed by atoms with Crippen LogP contribution in [0.2, 0.25) is 0 Å². The monoisotopic (exact) mass is 745 g/mol. The molecule has 0 aliphatic carbocycles. The fraction of sp³-hybridized carbons (Fsp3) is 0.196. The van der Waals surface area contributed by atoms with Crippen molar-refractivity contribution >= 4 is 66.4 Å². The zero-order chi connectivity index (χ0) is 39.2. The van der Waals surface area contributed by atoms with E-state index in [0.29, 0.717) is 6.67 Å². The zero-order valence-electron chi connectivity index (χ0n) is 33.7. The molecule has 0 fully saturated rings. The lowest BCUT2D eigenvalue weighted by atomic mass is 9.80. The average Bonchev–Trinajstić information content (AvgIpc) is 3.86. The molecule has 0 radical (unpaired) electrons. The molecule has 9 aromatic rings. The van der Waals surface area contributed by atoms with Gasteiger partial charge >= 0.3 is 0 Å². The Morgan fingerprint density at radius 1 is 0.526 bits per heavy atom. The Kier molecular flexibility index (Phi) is 7.81. The quantitative estimate of drug-likeness (QED) is 0.176. The van der Waals surface area contributed by atoms with Crippen LogP contribution < -0.4 is 14.5 Å². The molecule has 6 heteroatoms. The van der Waals surface area contributed by atoms with E-state index in [1.54, 1.807) is 0 Å². The third kappa shape index (κ3) is 5.81. The largest absolute Gasteiger partial charge is 0.457 e. The second-order valence-corrected chi connectivity index (χ2v) is 17.5. The highest BCUT2D eigenvalue weighted by Crippen LogP contribution is 2.50. The topological polar surface area (TPSA) is 38.5 Å². The predicted octanol–water partition coefficient (Wildman–Crippen LogP) is 13.5. The SMILES string of the molecule is Cn1c(-n2c3ccccc3c3ccc(Oc4cccc(N5CN(c6cc(C(C)(C)C)cc(C(C)(C)C)c6)c6ccc7ccccc7c65)c4)cc32)nc2ccccc21. The summed E-state index contributed by atoms with van der Waals surface area (Å²) in [6, 6.07) is 52.2. The van der Waals surface area contributed by atoms with E-state index >= 15 is 0 Å². The molecule has 6 nitrogen and oxygen atoms in total. The number of anilines is 4. The Hall–Kier alpha value is -6.53. The van der Waals surface area contributed by atoms with E-state index in [-0.39, 0.29) is 10.8 Å². The molecule has 7 aromatic carbocycles. The van der Waals surface area contributed by atoms with Gasteiger partial charge in [0.1, 0.15) is 18.2 Å². The van der Waals surface area contributed by atoms with Gasteiger partial charge in [-0.05, 0) is 88.0 Å². The lowest BCUT2D eigenvalue weighted by Crippen LogP contribution is -2.25. The van der Waals surface area contributed by atoms with Crippen LogP contribution in [-0.4, -0.2) is 20.8 Å². The molecule has 0 unspecified atom stereocenters. The van der Waals surface area contributed by atoms with Crippen molar-refractivity contribution in [3.05, 3.63) is 157 Å². The first-order valence-electron chi connectivity index (χ1n) is 19.9. The van der Waals surface area contributed by atoms with Crippen LogP contribution in [0.4, 0.5) is 22.7 Å². The summed E-state index contributed by atoms with van der Waals surface area (Å²) in [4.78, 5) is 10.0. The van der Waals surface area contributed by atoms with Gasteiger partial charge in [-0.1, -0.05) is 114 Å². The first-order chi connectivity index (χ1) is 27.4. The van der Waals surface area contributed by atoms with Crippen molar-refractivity contribution in [2.75, 3.05) is 16.5 Å². The highest BCUT2D eigenvalue weighted by atomic mass is 16.5. The standard InChI is InChI=1S/C51H47N5O/c1-50(2,3)34-27-35(51(4,5)6)29-37(28-34)54-32-55(48-40-18-9-8-15-33(40)23-26-46(48)54)36-16-14-17-38(30-36)57-39-24-25-42-41-19-10-12-21-44(41)56(47(42)31-39)49-52-43-20-11-13-22-45(43)53(49)7/h8-31H,32H2,1-7H3. The zero-order valence-corrected chi connectivity index (χ0v) is 33.7. The highest BCUT2D eigenvalue weighted by Gasteiger charge is 2.32. The average molecular weight is 746 g/mol. The first-order valence-corrected chi connectivity index (χ1v) is 19.9. The number of imidazole rings is 1. The smallest absolute Gasteiger partial charge is 0.215 e. The van der Waals surface area contributed by atoms with Gasteiger partial charge in [0.15, 0.2) is 0 Å². The number of benzene rings is 7. The van der Waals surface area contributed by atoms with Crippen LogP contribution in [0.25, 0.3) is 49.6 Å². The van der Waals surface area contributed by atoms with Crippen molar-refractivity contribution < 1.29 is 4.74 Å². The van der Waals surface area contributed by atoms with E-state index < -0.39 is 0 Å². The van der Waals surface area contributed by atoms with E-state index in [9.17, 15) is 0 Å². The first kappa shape index (κ1) is 34.9. The minimum Gasteiger partial charge on any atom is -0.457 e. The molecule has 0 amide bonds. The van der Waals surface area contributed by atoms with Crippen LogP contribution in [0.3, 0.4) is 0 Å². The molecule has 0 bridgehead atoms. The molecule has 1 aliphatic rings. The molecule has 0 saturated carbocycles. The maximum atomic E-state index is 6.78. The normalized spacial score (nSPS) is 13.4. The summed E-state index contributed by atoms with van der Waals surface area (Å²) >= 11 is 0. The molecule has 57 heavy (non-hydrogen) atoms. The number of aromatic nitrogens is 3. The molecule has 0 spiro atoms. The van der Waals surface area contributed by atoms with Crippen LogP contribution in [0.1, 0.15) is 52.7 Å². The maximum Gasteiger partial charge on any atom is 0.215 e. The molecule has 2 aromatic heterocycles. The van der Waals surface area contributed by atoms with Crippen molar-refractivity contribution in [3.63, 3.8) is 0 Å². The number of fused-ring (bicyclic) bond motifs is 7. The van der Waals surface area contributed by atoms with E-state index in [1.165, 1.54) is 44.3 Å². The molecule has 0 N–H and O–H groups in total. The van der Waals surface area contributed by atoms with Gasteiger partial charge in [-0.3, -0.25) is 4.57 Å². The summed E-state index contributed by atoms with van der Waals surface area (Å²) in [6.07, 6.45) is 0. The van der Waals surface area contributed by atoms with Gasteiger partial charge in [0, 0.05) is 46.7 Å². The maximum absolute atomic E-state index is 6.78. The third-order valence-corrected chi connectivity index (χ3v) is 11.7.